The van der Waals surface area contributed by atoms with Crippen LogP contribution in [0.2, 0.25) is 0 Å². The Hall–Kier alpha value is -4.26. The minimum Gasteiger partial charge on any atom is -0.461 e. The highest BCUT2D eigenvalue weighted by atomic mass is 16.6. The molecule has 178 valence electrons. The Labute approximate surface area is 204 Å². The maximum Gasteiger partial charge on any atom is 0.312 e. The van der Waals surface area contributed by atoms with Crippen LogP contribution < -0.4 is 5.32 Å². The van der Waals surface area contributed by atoms with Crippen molar-refractivity contribution in [1.29, 1.82) is 0 Å². The van der Waals surface area contributed by atoms with Crippen LogP contribution in [0, 0.1) is 16.0 Å². The number of nitro groups is 1. The molecule has 0 aliphatic carbocycles. The number of nitrogens with zero attached hydrogens (tertiary/aromatic N) is 2. The number of aromatic nitrogens is 1. The predicted molar refractivity (Wildman–Crippen MR) is 135 cm³/mol. The lowest BCUT2D eigenvalue weighted by atomic mass is 9.72. The van der Waals surface area contributed by atoms with E-state index in [2.05, 4.69) is 10.3 Å². The lowest BCUT2D eigenvalue weighted by molar-refractivity contribution is -0.384. The van der Waals surface area contributed by atoms with E-state index in [-0.39, 0.29) is 24.3 Å². The molecule has 1 aromatic heterocycles. The zero-order valence-electron chi connectivity index (χ0n) is 19.6. The van der Waals surface area contributed by atoms with Crippen molar-refractivity contribution in [3.8, 4) is 0 Å². The predicted octanol–water partition coefficient (Wildman–Crippen LogP) is 5.37. The number of hydrogen-bond acceptors (Lipinski definition) is 6. The fraction of sp³-hybridized carbons (Fsp3) is 0.214. The molecular formula is C28H27N3O4. The Kier molecular flexibility index (Phi) is 7.35. The van der Waals surface area contributed by atoms with E-state index >= 15 is 0 Å². The number of esters is 1. The second kappa shape index (κ2) is 10.8. The third kappa shape index (κ3) is 5.46. The van der Waals surface area contributed by atoms with Gasteiger partial charge in [0.15, 0.2) is 0 Å². The number of carbonyl (C=O) groups excluding carboxylic acids is 1. The molecule has 3 atom stereocenters. The van der Waals surface area contributed by atoms with Crippen molar-refractivity contribution in [2.24, 2.45) is 5.92 Å². The van der Waals surface area contributed by atoms with Gasteiger partial charge in [-0.15, -0.1) is 0 Å². The third-order valence-corrected chi connectivity index (χ3v) is 6.19. The van der Waals surface area contributed by atoms with Crippen molar-refractivity contribution in [3.05, 3.63) is 118 Å². The van der Waals surface area contributed by atoms with Gasteiger partial charge < -0.3 is 10.1 Å². The number of carbonyl (C=O) groups is 1. The van der Waals surface area contributed by atoms with Gasteiger partial charge in [0.05, 0.1) is 10.8 Å². The van der Waals surface area contributed by atoms with Crippen LogP contribution in [0.3, 0.4) is 0 Å². The largest absolute Gasteiger partial charge is 0.461 e. The van der Waals surface area contributed by atoms with Crippen LogP contribution in [0.15, 0.2) is 90.9 Å². The molecule has 7 heteroatoms. The SMILES string of the molecule is CC1=C(c2ccncc2)C(c2cccc([N+](=O)[O-])c2)C(C(=O)OC/C=C/c2ccccc2)C(C)N1. The van der Waals surface area contributed by atoms with Crippen LogP contribution in [0.1, 0.15) is 36.5 Å². The van der Waals surface area contributed by atoms with Gasteiger partial charge in [0.25, 0.3) is 5.69 Å². The van der Waals surface area contributed by atoms with Crippen molar-refractivity contribution in [2.45, 2.75) is 25.8 Å². The molecule has 0 saturated carbocycles. The normalized spacial score (nSPS) is 19.9. The van der Waals surface area contributed by atoms with Crippen LogP contribution in [0.4, 0.5) is 5.69 Å². The number of benzene rings is 2. The lowest BCUT2D eigenvalue weighted by Crippen LogP contribution is -2.46. The standard InChI is InChI=1S/C28H27N3O4/c1-19-25(22-13-15-29-16-14-22)27(23-11-6-12-24(18-23)31(33)34)26(20(2)30-19)28(32)35-17-7-10-21-8-4-3-5-9-21/h3-16,18,20,26-27,30H,17H2,1-2H3/b10-7+. The van der Waals surface area contributed by atoms with Gasteiger partial charge in [-0.1, -0.05) is 48.5 Å². The number of pyridine rings is 1. The third-order valence-electron chi connectivity index (χ3n) is 6.19. The van der Waals surface area contributed by atoms with Crippen molar-refractivity contribution >= 4 is 23.3 Å². The number of non-ortho nitro benzene ring substituents is 1. The first-order chi connectivity index (χ1) is 17.0. The topological polar surface area (TPSA) is 94.4 Å². The van der Waals surface area contributed by atoms with Gasteiger partial charge in [0, 0.05) is 42.2 Å². The van der Waals surface area contributed by atoms with Crippen molar-refractivity contribution in [1.82, 2.24) is 10.3 Å². The van der Waals surface area contributed by atoms with Gasteiger partial charge in [0.2, 0.25) is 0 Å². The number of rotatable bonds is 7. The molecule has 3 aromatic rings. The summed E-state index contributed by atoms with van der Waals surface area (Å²) in [6, 6.07) is 19.8. The van der Waals surface area contributed by atoms with Gasteiger partial charge in [-0.3, -0.25) is 19.9 Å². The van der Waals surface area contributed by atoms with E-state index in [1.165, 1.54) is 6.07 Å². The number of nitro benzene ring substituents is 1. The van der Waals surface area contributed by atoms with E-state index in [1.807, 2.05) is 68.5 Å². The zero-order valence-corrected chi connectivity index (χ0v) is 19.6. The molecule has 0 saturated heterocycles. The Morgan fingerprint density at radius 1 is 1.11 bits per heavy atom. The number of hydrogen-bond donors (Lipinski definition) is 1. The molecule has 1 aliphatic heterocycles. The zero-order chi connectivity index (χ0) is 24.8. The molecule has 0 spiro atoms. The average Bonchev–Trinajstić information content (AvgIpc) is 2.87. The smallest absolute Gasteiger partial charge is 0.312 e. The van der Waals surface area contributed by atoms with Crippen molar-refractivity contribution in [2.75, 3.05) is 6.61 Å². The molecule has 1 N–H and O–H groups in total. The van der Waals surface area contributed by atoms with E-state index in [0.717, 1.165) is 22.4 Å². The van der Waals surface area contributed by atoms with Crippen LogP contribution in [0.25, 0.3) is 11.6 Å². The monoisotopic (exact) mass is 469 g/mol. The average molecular weight is 470 g/mol. The van der Waals surface area contributed by atoms with Crippen LogP contribution in [-0.4, -0.2) is 28.5 Å². The van der Waals surface area contributed by atoms with Crippen LogP contribution in [-0.2, 0) is 9.53 Å². The Morgan fingerprint density at radius 3 is 2.57 bits per heavy atom. The summed E-state index contributed by atoms with van der Waals surface area (Å²) in [5.41, 5.74) is 4.40. The molecular weight excluding hydrogens is 442 g/mol. The summed E-state index contributed by atoms with van der Waals surface area (Å²) in [5, 5.41) is 14.9. The summed E-state index contributed by atoms with van der Waals surface area (Å²) in [7, 11) is 0. The molecule has 0 fully saturated rings. The molecule has 0 radical (unpaired) electrons. The van der Waals surface area contributed by atoms with Gasteiger partial charge in [-0.25, -0.2) is 0 Å². The summed E-state index contributed by atoms with van der Waals surface area (Å²) in [5.74, 6) is -1.38. The summed E-state index contributed by atoms with van der Waals surface area (Å²) >= 11 is 0. The highest BCUT2D eigenvalue weighted by molar-refractivity contribution is 5.84. The molecule has 7 nitrogen and oxygen atoms in total. The molecule has 4 rings (SSSR count). The number of allylic oxidation sites excluding steroid dienone is 2. The molecule has 3 unspecified atom stereocenters. The van der Waals surface area contributed by atoms with E-state index in [4.69, 9.17) is 4.74 Å². The summed E-state index contributed by atoms with van der Waals surface area (Å²) in [6.07, 6.45) is 7.10. The van der Waals surface area contributed by atoms with E-state index in [1.54, 1.807) is 30.6 Å². The number of ether oxygens (including phenoxy) is 1. The van der Waals surface area contributed by atoms with E-state index in [9.17, 15) is 14.9 Å². The first kappa shape index (κ1) is 23.9. The minimum absolute atomic E-state index is 0.0154. The molecule has 0 amide bonds. The maximum absolute atomic E-state index is 13.4. The number of nitrogens with one attached hydrogen (secondary N) is 1. The van der Waals surface area contributed by atoms with Gasteiger partial charge in [0.1, 0.15) is 6.61 Å². The lowest BCUT2D eigenvalue weighted by Gasteiger charge is -2.39. The van der Waals surface area contributed by atoms with Crippen LogP contribution >= 0.6 is 0 Å². The Bertz CT molecular complexity index is 1260. The Balaban J connectivity index is 1.68. The van der Waals surface area contributed by atoms with Crippen molar-refractivity contribution in [3.63, 3.8) is 0 Å². The fourth-order valence-electron chi connectivity index (χ4n) is 4.66. The second-order valence-electron chi connectivity index (χ2n) is 8.51. The van der Waals surface area contributed by atoms with E-state index < -0.39 is 16.8 Å². The summed E-state index contributed by atoms with van der Waals surface area (Å²) < 4.78 is 5.69. The van der Waals surface area contributed by atoms with Gasteiger partial charge in [-0.05, 0) is 54.3 Å². The minimum atomic E-state index is -0.589. The highest BCUT2D eigenvalue weighted by Crippen LogP contribution is 2.45. The first-order valence-corrected chi connectivity index (χ1v) is 11.5. The van der Waals surface area contributed by atoms with Crippen molar-refractivity contribution < 1.29 is 14.5 Å². The highest BCUT2D eigenvalue weighted by Gasteiger charge is 2.42. The summed E-state index contributed by atoms with van der Waals surface area (Å²) in [6.45, 7) is 4.02. The second-order valence-corrected chi connectivity index (χ2v) is 8.51. The van der Waals surface area contributed by atoms with Crippen LogP contribution in [0.5, 0.6) is 0 Å². The fourth-order valence-corrected chi connectivity index (χ4v) is 4.66. The quantitative estimate of drug-likeness (QED) is 0.284. The summed E-state index contributed by atoms with van der Waals surface area (Å²) in [4.78, 5) is 28.6. The molecule has 1 aliphatic rings. The maximum atomic E-state index is 13.4. The Morgan fingerprint density at radius 2 is 1.86 bits per heavy atom. The first-order valence-electron chi connectivity index (χ1n) is 11.5. The van der Waals surface area contributed by atoms with Gasteiger partial charge in [-0.2, -0.15) is 0 Å². The van der Waals surface area contributed by atoms with Gasteiger partial charge >= 0.3 is 5.97 Å². The molecule has 35 heavy (non-hydrogen) atoms. The van der Waals surface area contributed by atoms with E-state index in [0.29, 0.717) is 5.56 Å². The molecule has 2 heterocycles. The molecule has 2 aromatic carbocycles. The molecule has 0 bridgehead atoms.